The Labute approximate surface area is 106 Å². The zero-order valence-electron chi connectivity index (χ0n) is 10.8. The molecule has 1 aromatic heterocycles. The van der Waals surface area contributed by atoms with Crippen LogP contribution in [-0.2, 0) is 0 Å². The lowest BCUT2D eigenvalue weighted by atomic mass is 9.98. The average molecular weight is 243 g/mol. The van der Waals surface area contributed by atoms with Crippen molar-refractivity contribution in [3.8, 4) is 0 Å². The molecule has 0 aliphatic rings. The van der Waals surface area contributed by atoms with Crippen LogP contribution in [-0.4, -0.2) is 15.9 Å². The lowest BCUT2D eigenvalue weighted by Gasteiger charge is -2.15. The third-order valence-electron chi connectivity index (χ3n) is 2.91. The van der Waals surface area contributed by atoms with Gasteiger partial charge in [0.15, 0.2) is 0 Å². The first-order valence-corrected chi connectivity index (χ1v) is 5.99. The van der Waals surface area contributed by atoms with Crippen molar-refractivity contribution in [3.05, 3.63) is 47.5 Å². The van der Waals surface area contributed by atoms with Gasteiger partial charge in [-0.05, 0) is 24.0 Å². The smallest absolute Gasteiger partial charge is 0.273 e. The Hall–Kier alpha value is -2.10. The van der Waals surface area contributed by atoms with Gasteiger partial charge in [-0.2, -0.15) is 0 Å². The highest BCUT2D eigenvalue weighted by molar-refractivity contribution is 6.03. The number of nitrogens with zero attached hydrogens (tertiary/aromatic N) is 1. The van der Waals surface area contributed by atoms with E-state index < -0.39 is 0 Å². The molecule has 1 aromatic carbocycles. The number of imidazole rings is 1. The van der Waals surface area contributed by atoms with Crippen LogP contribution in [0.5, 0.6) is 0 Å². The van der Waals surface area contributed by atoms with Crippen molar-refractivity contribution in [3.63, 3.8) is 0 Å². The molecule has 2 N–H and O–H groups in total. The van der Waals surface area contributed by atoms with Crippen LogP contribution in [0.25, 0.3) is 0 Å². The quantitative estimate of drug-likeness (QED) is 0.870. The van der Waals surface area contributed by atoms with Crippen molar-refractivity contribution < 1.29 is 4.79 Å². The minimum Gasteiger partial charge on any atom is -0.341 e. The molecule has 2 aromatic rings. The first-order chi connectivity index (χ1) is 8.59. The normalized spacial score (nSPS) is 10.7. The number of carbonyl (C=O) groups excluding carboxylic acids is 1. The van der Waals surface area contributed by atoms with E-state index in [-0.39, 0.29) is 5.91 Å². The second kappa shape index (κ2) is 5.04. The topological polar surface area (TPSA) is 57.8 Å². The number of carbonyl (C=O) groups is 1. The summed E-state index contributed by atoms with van der Waals surface area (Å²) in [6, 6.07) is 6.05. The van der Waals surface area contributed by atoms with Gasteiger partial charge < -0.3 is 10.3 Å². The van der Waals surface area contributed by atoms with Crippen LogP contribution in [0.3, 0.4) is 0 Å². The minimum absolute atomic E-state index is 0.163. The number of para-hydroxylation sites is 1. The fourth-order valence-corrected chi connectivity index (χ4v) is 1.90. The predicted octanol–water partition coefficient (Wildman–Crippen LogP) is 3.09. The van der Waals surface area contributed by atoms with Crippen LogP contribution in [0.2, 0.25) is 0 Å². The van der Waals surface area contributed by atoms with Gasteiger partial charge in [0.2, 0.25) is 0 Å². The zero-order chi connectivity index (χ0) is 13.1. The molecule has 2 rings (SSSR count). The number of rotatable bonds is 3. The molecule has 0 unspecified atom stereocenters. The number of nitrogens with one attached hydrogen (secondary N) is 2. The van der Waals surface area contributed by atoms with Crippen molar-refractivity contribution in [2.24, 2.45) is 0 Å². The van der Waals surface area contributed by atoms with Crippen molar-refractivity contribution in [1.82, 2.24) is 9.97 Å². The number of anilines is 1. The molecule has 0 aliphatic carbocycles. The van der Waals surface area contributed by atoms with Gasteiger partial charge in [0, 0.05) is 5.69 Å². The maximum absolute atomic E-state index is 12.0. The number of benzene rings is 1. The van der Waals surface area contributed by atoms with Crippen LogP contribution in [0.4, 0.5) is 5.69 Å². The summed E-state index contributed by atoms with van der Waals surface area (Å²) in [7, 11) is 0. The number of H-pyrrole nitrogens is 1. The van der Waals surface area contributed by atoms with Crippen molar-refractivity contribution in [2.45, 2.75) is 26.7 Å². The number of aromatic nitrogens is 2. The summed E-state index contributed by atoms with van der Waals surface area (Å²) in [6.07, 6.45) is 3.01. The largest absolute Gasteiger partial charge is 0.341 e. The van der Waals surface area contributed by atoms with E-state index in [0.29, 0.717) is 11.6 Å². The molecule has 0 saturated heterocycles. The summed E-state index contributed by atoms with van der Waals surface area (Å²) < 4.78 is 0. The second-order valence-electron chi connectivity index (χ2n) is 4.61. The molecule has 0 bridgehead atoms. The lowest BCUT2D eigenvalue weighted by molar-refractivity contribution is 0.102. The highest BCUT2D eigenvalue weighted by atomic mass is 16.1. The van der Waals surface area contributed by atoms with Gasteiger partial charge in [-0.15, -0.1) is 0 Å². The number of hydrogen-bond acceptors (Lipinski definition) is 2. The number of aryl methyl sites for hydroxylation is 1. The van der Waals surface area contributed by atoms with Crippen molar-refractivity contribution >= 4 is 11.6 Å². The van der Waals surface area contributed by atoms with Crippen molar-refractivity contribution in [2.75, 3.05) is 5.32 Å². The summed E-state index contributed by atoms with van der Waals surface area (Å²) in [5, 5.41) is 2.95. The van der Waals surface area contributed by atoms with Gasteiger partial charge in [0.25, 0.3) is 5.91 Å². The molecule has 0 fully saturated rings. The first kappa shape index (κ1) is 12.4. The van der Waals surface area contributed by atoms with E-state index in [1.807, 2.05) is 25.1 Å². The molecule has 0 saturated carbocycles. The third-order valence-corrected chi connectivity index (χ3v) is 2.91. The Kier molecular flexibility index (Phi) is 3.46. The Morgan fingerprint density at radius 3 is 2.78 bits per heavy atom. The van der Waals surface area contributed by atoms with E-state index in [2.05, 4.69) is 29.1 Å². The van der Waals surface area contributed by atoms with Gasteiger partial charge in [-0.25, -0.2) is 4.98 Å². The third kappa shape index (κ3) is 2.42. The van der Waals surface area contributed by atoms with Gasteiger partial charge in [0.1, 0.15) is 5.69 Å². The lowest BCUT2D eigenvalue weighted by Crippen LogP contribution is -2.15. The van der Waals surface area contributed by atoms with Crippen molar-refractivity contribution in [1.29, 1.82) is 0 Å². The molecule has 94 valence electrons. The number of amides is 1. The minimum atomic E-state index is -0.163. The summed E-state index contributed by atoms with van der Waals surface area (Å²) in [6.45, 7) is 6.22. The molecule has 4 nitrogen and oxygen atoms in total. The highest BCUT2D eigenvalue weighted by Crippen LogP contribution is 2.27. The number of aromatic amines is 1. The molecular formula is C14H17N3O. The summed E-state index contributed by atoms with van der Waals surface area (Å²) >= 11 is 0. The van der Waals surface area contributed by atoms with Gasteiger partial charge >= 0.3 is 0 Å². The van der Waals surface area contributed by atoms with E-state index in [1.54, 1.807) is 0 Å². The SMILES string of the molecule is Cc1cccc(C(C)C)c1NC(=O)c1cnc[nH]1. The van der Waals surface area contributed by atoms with Crippen LogP contribution < -0.4 is 5.32 Å². The average Bonchev–Trinajstić information content (AvgIpc) is 2.85. The van der Waals surface area contributed by atoms with E-state index in [9.17, 15) is 4.79 Å². The molecule has 0 atom stereocenters. The summed E-state index contributed by atoms with van der Waals surface area (Å²) in [4.78, 5) is 18.7. The first-order valence-electron chi connectivity index (χ1n) is 5.99. The Bertz CT molecular complexity index is 544. The van der Waals surface area contributed by atoms with Crippen LogP contribution in [0.15, 0.2) is 30.7 Å². The predicted molar refractivity (Wildman–Crippen MR) is 71.8 cm³/mol. The highest BCUT2D eigenvalue weighted by Gasteiger charge is 2.13. The fourth-order valence-electron chi connectivity index (χ4n) is 1.90. The van der Waals surface area contributed by atoms with E-state index in [0.717, 1.165) is 16.8 Å². The molecule has 18 heavy (non-hydrogen) atoms. The molecule has 1 amide bonds. The maximum atomic E-state index is 12.0. The van der Waals surface area contributed by atoms with Crippen LogP contribution >= 0.6 is 0 Å². The van der Waals surface area contributed by atoms with Gasteiger partial charge in [-0.3, -0.25) is 4.79 Å². The molecule has 4 heteroatoms. The Morgan fingerprint density at radius 1 is 1.39 bits per heavy atom. The standard InChI is InChI=1S/C14H17N3O/c1-9(2)11-6-4-5-10(3)13(11)17-14(18)12-7-15-8-16-12/h4-9H,1-3H3,(H,15,16)(H,17,18). The Morgan fingerprint density at radius 2 is 2.17 bits per heavy atom. The van der Waals surface area contributed by atoms with Crippen LogP contribution in [0, 0.1) is 6.92 Å². The van der Waals surface area contributed by atoms with E-state index >= 15 is 0 Å². The van der Waals surface area contributed by atoms with E-state index in [1.165, 1.54) is 12.5 Å². The molecule has 0 spiro atoms. The molecule has 1 heterocycles. The van der Waals surface area contributed by atoms with Gasteiger partial charge in [0.05, 0.1) is 12.5 Å². The molecule has 0 radical (unpaired) electrons. The number of hydrogen-bond donors (Lipinski definition) is 2. The Balaban J connectivity index is 2.31. The zero-order valence-corrected chi connectivity index (χ0v) is 10.8. The van der Waals surface area contributed by atoms with E-state index in [4.69, 9.17) is 0 Å². The molecule has 0 aliphatic heterocycles. The summed E-state index contributed by atoms with van der Waals surface area (Å²) in [5.41, 5.74) is 3.57. The summed E-state index contributed by atoms with van der Waals surface area (Å²) in [5.74, 6) is 0.200. The van der Waals surface area contributed by atoms with Gasteiger partial charge in [-0.1, -0.05) is 32.0 Å². The monoisotopic (exact) mass is 243 g/mol. The molecular weight excluding hydrogens is 226 g/mol. The van der Waals surface area contributed by atoms with Crippen LogP contribution in [0.1, 0.15) is 41.4 Å². The maximum Gasteiger partial charge on any atom is 0.273 e. The fraction of sp³-hybridized carbons (Fsp3) is 0.286. The second-order valence-corrected chi connectivity index (χ2v) is 4.61.